The van der Waals surface area contributed by atoms with Gasteiger partial charge in [0.2, 0.25) is 0 Å². The molecule has 1 rings (SSSR count). The van der Waals surface area contributed by atoms with Crippen LogP contribution in [0, 0.1) is 6.92 Å². The van der Waals surface area contributed by atoms with Crippen molar-refractivity contribution >= 4 is 5.82 Å². The first-order chi connectivity index (χ1) is 5.04. The molecule has 42 valence electrons. The van der Waals surface area contributed by atoms with E-state index in [-0.39, 0.29) is 24.1 Å². The molecule has 0 aromatic carbocycles. The monoisotopic (exact) mass is 111 g/mol. The Bertz CT molecular complexity index is 272. The number of nitrogens with zero attached hydrogens (tertiary/aromatic N) is 1. The van der Waals surface area contributed by atoms with Crippen molar-refractivity contribution in [1.29, 1.82) is 0 Å². The minimum atomic E-state index is -0.0986. The van der Waals surface area contributed by atoms with E-state index in [9.17, 15) is 0 Å². The highest BCUT2D eigenvalue weighted by Gasteiger charge is 1.81. The fraction of sp³-hybridized carbons (Fsp3) is 0.167. The molecule has 2 N–H and O–H groups in total. The summed E-state index contributed by atoms with van der Waals surface area (Å²) in [6, 6.07) is -0.110. The van der Waals surface area contributed by atoms with Crippen LogP contribution in [0.25, 0.3) is 0 Å². The third kappa shape index (κ3) is 0.964. The van der Waals surface area contributed by atoms with Gasteiger partial charge in [-0.25, -0.2) is 4.98 Å². The van der Waals surface area contributed by atoms with E-state index in [2.05, 4.69) is 4.98 Å². The Kier molecular flexibility index (Phi) is 0.565. The van der Waals surface area contributed by atoms with Gasteiger partial charge in [-0.2, -0.15) is 0 Å². The van der Waals surface area contributed by atoms with Gasteiger partial charge in [0.15, 0.2) is 0 Å². The summed E-state index contributed by atoms with van der Waals surface area (Å²) in [5, 5.41) is 0. The Morgan fingerprint density at radius 3 is 3.25 bits per heavy atom. The van der Waals surface area contributed by atoms with Crippen LogP contribution < -0.4 is 5.73 Å². The highest BCUT2D eigenvalue weighted by Crippen LogP contribution is 1.97. The molecular weight excluding hydrogens is 100 g/mol. The van der Waals surface area contributed by atoms with E-state index in [4.69, 9.17) is 9.85 Å². The molecule has 0 bridgehead atoms. The standard InChI is InChI=1S/C6H8N2/c1-5-2-3-6(7)8-4-5/h2-4H,1H3,(H2,7,8)/i2D,3D,4D. The zero-order valence-corrected chi connectivity index (χ0v) is 4.52. The van der Waals surface area contributed by atoms with Crippen molar-refractivity contribution in [2.75, 3.05) is 5.73 Å². The quantitative estimate of drug-likeness (QED) is 0.541. The van der Waals surface area contributed by atoms with Crippen molar-refractivity contribution in [1.82, 2.24) is 4.98 Å². The molecule has 2 heteroatoms. The SMILES string of the molecule is [2H]c1nc(N)c([2H])c([2H])c1C. The number of pyridine rings is 1. The number of nitrogens with two attached hydrogens (primary N) is 1. The van der Waals surface area contributed by atoms with Crippen LogP contribution in [0.15, 0.2) is 18.3 Å². The lowest BCUT2D eigenvalue weighted by atomic mass is 10.3. The molecule has 1 aromatic heterocycles. The zero-order valence-electron chi connectivity index (χ0n) is 7.52. The van der Waals surface area contributed by atoms with Crippen LogP contribution in [0.2, 0.25) is 0 Å². The number of hydrogen-bond acceptors (Lipinski definition) is 2. The average Bonchev–Trinajstić information content (AvgIpc) is 1.97. The zero-order chi connectivity index (χ0) is 8.59. The Balaban J connectivity index is 3.46. The second-order valence-electron chi connectivity index (χ2n) is 1.48. The Morgan fingerprint density at radius 2 is 2.50 bits per heavy atom. The first kappa shape index (κ1) is 2.49. The molecule has 1 heterocycles. The van der Waals surface area contributed by atoms with E-state index in [1.165, 1.54) is 0 Å². The molecule has 0 aliphatic rings. The highest BCUT2D eigenvalue weighted by atomic mass is 14.8. The molecule has 0 amide bonds. The van der Waals surface area contributed by atoms with Gasteiger partial charge >= 0.3 is 0 Å². The lowest BCUT2D eigenvalue weighted by Gasteiger charge is -1.89. The van der Waals surface area contributed by atoms with Gasteiger partial charge in [0.1, 0.15) is 5.82 Å². The Morgan fingerprint density at radius 1 is 1.75 bits per heavy atom. The van der Waals surface area contributed by atoms with E-state index >= 15 is 0 Å². The van der Waals surface area contributed by atoms with Gasteiger partial charge in [-0.15, -0.1) is 0 Å². The van der Waals surface area contributed by atoms with Crippen LogP contribution in [-0.4, -0.2) is 4.98 Å². The maximum Gasteiger partial charge on any atom is 0.123 e. The number of anilines is 1. The van der Waals surface area contributed by atoms with Crippen molar-refractivity contribution < 1.29 is 4.11 Å². The molecule has 0 aliphatic heterocycles. The number of nitrogen functional groups attached to an aromatic ring is 1. The average molecular weight is 111 g/mol. The summed E-state index contributed by atoms with van der Waals surface area (Å²) in [4.78, 5) is 3.57. The van der Waals surface area contributed by atoms with Crippen molar-refractivity contribution in [2.45, 2.75) is 6.92 Å². The molecular formula is C6H8N2. The second-order valence-corrected chi connectivity index (χ2v) is 1.48. The molecule has 0 aliphatic carbocycles. The fourth-order valence-corrected chi connectivity index (χ4v) is 0.358. The van der Waals surface area contributed by atoms with Crippen LogP contribution in [0.5, 0.6) is 0 Å². The topological polar surface area (TPSA) is 38.9 Å². The molecule has 0 fully saturated rings. The molecule has 0 spiro atoms. The largest absolute Gasteiger partial charge is 0.384 e. The van der Waals surface area contributed by atoms with E-state index in [0.29, 0.717) is 5.56 Å². The maximum atomic E-state index is 7.30. The summed E-state index contributed by atoms with van der Waals surface area (Å²) >= 11 is 0. The fourth-order valence-electron chi connectivity index (χ4n) is 0.358. The molecule has 1 aromatic rings. The molecule has 8 heavy (non-hydrogen) atoms. The van der Waals surface area contributed by atoms with Crippen molar-refractivity contribution in [2.24, 2.45) is 0 Å². The highest BCUT2D eigenvalue weighted by molar-refractivity contribution is 5.28. The predicted octanol–water partition coefficient (Wildman–Crippen LogP) is 0.972. The summed E-state index contributed by atoms with van der Waals surface area (Å²) in [5.41, 5.74) is 5.64. The minimum absolute atomic E-state index is 0.0116. The molecule has 2 nitrogen and oxygen atoms in total. The smallest absolute Gasteiger partial charge is 0.123 e. The number of rotatable bonds is 0. The number of aromatic nitrogens is 1. The van der Waals surface area contributed by atoms with E-state index in [1.807, 2.05) is 0 Å². The van der Waals surface area contributed by atoms with Gasteiger partial charge in [0.25, 0.3) is 0 Å². The first-order valence-electron chi connectivity index (χ1n) is 3.74. The summed E-state index contributed by atoms with van der Waals surface area (Å²) in [7, 11) is 0. The van der Waals surface area contributed by atoms with E-state index in [1.54, 1.807) is 6.92 Å². The van der Waals surface area contributed by atoms with Gasteiger partial charge < -0.3 is 5.73 Å². The third-order valence-corrected chi connectivity index (χ3v) is 0.722. The van der Waals surface area contributed by atoms with Crippen molar-refractivity contribution in [3.8, 4) is 0 Å². The van der Waals surface area contributed by atoms with E-state index in [0.717, 1.165) is 0 Å². The lowest BCUT2D eigenvalue weighted by molar-refractivity contribution is 1.28. The summed E-state index contributed by atoms with van der Waals surface area (Å²) in [5.74, 6) is -0.0504. The minimum Gasteiger partial charge on any atom is -0.384 e. The lowest BCUT2D eigenvalue weighted by Crippen LogP contribution is -1.87. The molecule has 0 radical (unpaired) electrons. The number of hydrogen-bond donors (Lipinski definition) is 1. The van der Waals surface area contributed by atoms with Crippen LogP contribution in [0.4, 0.5) is 5.82 Å². The molecule has 0 atom stereocenters. The summed E-state index contributed by atoms with van der Waals surface area (Å²) < 4.78 is 21.7. The summed E-state index contributed by atoms with van der Waals surface area (Å²) in [6.07, 6.45) is -0.0245. The predicted molar refractivity (Wildman–Crippen MR) is 33.4 cm³/mol. The van der Waals surface area contributed by atoms with Gasteiger partial charge in [-0.05, 0) is 18.5 Å². The second kappa shape index (κ2) is 1.82. The molecule has 0 saturated carbocycles. The Labute approximate surface area is 52.6 Å². The van der Waals surface area contributed by atoms with Crippen LogP contribution in [-0.2, 0) is 0 Å². The van der Waals surface area contributed by atoms with Gasteiger partial charge in [-0.1, -0.05) is 6.04 Å². The maximum absolute atomic E-state index is 7.30. The van der Waals surface area contributed by atoms with Crippen LogP contribution in [0.3, 0.4) is 0 Å². The van der Waals surface area contributed by atoms with Crippen molar-refractivity contribution in [3.05, 3.63) is 23.8 Å². The van der Waals surface area contributed by atoms with Crippen molar-refractivity contribution in [3.63, 3.8) is 0 Å². The van der Waals surface area contributed by atoms with Gasteiger partial charge in [0, 0.05) is 6.17 Å². The first-order valence-corrected chi connectivity index (χ1v) is 2.24. The Hall–Kier alpha value is -1.05. The third-order valence-electron chi connectivity index (χ3n) is 0.722. The van der Waals surface area contributed by atoms with Gasteiger partial charge in [0.05, 0.1) is 4.11 Å². The molecule has 0 saturated heterocycles. The van der Waals surface area contributed by atoms with Crippen LogP contribution >= 0.6 is 0 Å². The molecule has 0 unspecified atom stereocenters. The van der Waals surface area contributed by atoms with Gasteiger partial charge in [-0.3, -0.25) is 0 Å². The van der Waals surface area contributed by atoms with Crippen LogP contribution in [0.1, 0.15) is 9.68 Å². The normalized spacial score (nSPS) is 14.4. The summed E-state index contributed by atoms with van der Waals surface area (Å²) in [6.45, 7) is 1.58. The van der Waals surface area contributed by atoms with E-state index < -0.39 is 0 Å².